The Balaban J connectivity index is 1.78. The number of hydrogen-bond donors (Lipinski definition) is 1. The van der Waals surface area contributed by atoms with Crippen LogP contribution in [0.2, 0.25) is 10.0 Å². The predicted molar refractivity (Wildman–Crippen MR) is 113 cm³/mol. The van der Waals surface area contributed by atoms with E-state index >= 15 is 0 Å². The molecule has 0 aliphatic rings. The molecule has 0 aliphatic heterocycles. The Hall–Kier alpha value is -2.61. The summed E-state index contributed by atoms with van der Waals surface area (Å²) in [5.41, 5.74) is 2.84. The first-order valence-corrected chi connectivity index (χ1v) is 10.1. The number of carbonyl (C=O) groups is 2. The second-order valence-corrected chi connectivity index (χ2v) is 7.53. The van der Waals surface area contributed by atoms with Crippen LogP contribution >= 0.6 is 34.5 Å². The van der Waals surface area contributed by atoms with Gasteiger partial charge in [0.2, 0.25) is 5.91 Å². The van der Waals surface area contributed by atoms with Crippen LogP contribution in [-0.2, 0) is 22.6 Å². The van der Waals surface area contributed by atoms with Gasteiger partial charge in [-0.3, -0.25) is 4.79 Å². The topological polar surface area (TPSA) is 77.5 Å². The molecule has 2 aromatic carbocycles. The zero-order valence-electron chi connectivity index (χ0n) is 15.3. The number of hydrogen-bond acceptors (Lipinski definition) is 6. The van der Waals surface area contributed by atoms with Crippen molar-refractivity contribution < 1.29 is 19.1 Å². The van der Waals surface area contributed by atoms with Gasteiger partial charge < -0.3 is 14.8 Å². The highest BCUT2D eigenvalue weighted by Crippen LogP contribution is 2.35. The van der Waals surface area contributed by atoms with E-state index in [2.05, 4.69) is 15.0 Å². The van der Waals surface area contributed by atoms with Gasteiger partial charge in [0.15, 0.2) is 10.7 Å². The molecule has 0 atom stereocenters. The molecule has 0 aliphatic carbocycles. The maximum Gasteiger partial charge on any atom is 0.351 e. The first-order chi connectivity index (χ1) is 14.0. The van der Waals surface area contributed by atoms with Gasteiger partial charge in [-0.25, -0.2) is 9.78 Å². The van der Waals surface area contributed by atoms with E-state index in [1.165, 1.54) is 12.6 Å². The van der Waals surface area contributed by atoms with Crippen LogP contribution in [0.3, 0.4) is 0 Å². The maximum absolute atomic E-state index is 12.6. The van der Waals surface area contributed by atoms with E-state index in [0.717, 1.165) is 16.9 Å². The number of methoxy groups -OCH3 is 1. The summed E-state index contributed by atoms with van der Waals surface area (Å²) in [6, 6.07) is 12.8. The smallest absolute Gasteiger partial charge is 0.351 e. The minimum atomic E-state index is -0.574. The Morgan fingerprint density at radius 1 is 1.10 bits per heavy atom. The predicted octanol–water partition coefficient (Wildman–Crippen LogP) is 5.00. The van der Waals surface area contributed by atoms with E-state index in [1.807, 2.05) is 30.3 Å². The molecular weight excluding hydrogens is 435 g/mol. The summed E-state index contributed by atoms with van der Waals surface area (Å²) in [5.74, 6) is -0.522. The van der Waals surface area contributed by atoms with Crippen LogP contribution in [-0.4, -0.2) is 24.0 Å². The zero-order valence-corrected chi connectivity index (χ0v) is 17.6. The molecule has 9 heteroatoms. The number of thiazole rings is 1. The second kappa shape index (κ2) is 9.73. The lowest BCUT2D eigenvalue weighted by molar-refractivity contribution is -0.115. The fraction of sp³-hybridized carbons (Fsp3) is 0.150. The molecule has 29 heavy (non-hydrogen) atoms. The molecule has 0 bridgehead atoms. The van der Waals surface area contributed by atoms with Crippen molar-refractivity contribution in [2.45, 2.75) is 13.0 Å². The van der Waals surface area contributed by atoms with Gasteiger partial charge in [0.05, 0.1) is 24.1 Å². The van der Waals surface area contributed by atoms with Crippen LogP contribution in [0.4, 0.5) is 5.82 Å². The molecule has 3 rings (SSSR count). The molecule has 0 fully saturated rings. The van der Waals surface area contributed by atoms with Gasteiger partial charge in [-0.1, -0.05) is 53.5 Å². The van der Waals surface area contributed by atoms with Crippen molar-refractivity contribution in [1.82, 2.24) is 4.98 Å². The minimum Gasteiger partial charge on any atom is -0.487 e. The van der Waals surface area contributed by atoms with E-state index in [4.69, 9.17) is 27.9 Å². The summed E-state index contributed by atoms with van der Waals surface area (Å²) in [4.78, 5) is 28.5. The summed E-state index contributed by atoms with van der Waals surface area (Å²) < 4.78 is 10.6. The molecule has 0 spiro atoms. The molecule has 1 heterocycles. The van der Waals surface area contributed by atoms with E-state index in [0.29, 0.717) is 21.4 Å². The van der Waals surface area contributed by atoms with Gasteiger partial charge in [-0.2, -0.15) is 0 Å². The number of benzene rings is 2. The quantitative estimate of drug-likeness (QED) is 0.512. The fourth-order valence-electron chi connectivity index (χ4n) is 2.54. The van der Waals surface area contributed by atoms with Gasteiger partial charge >= 0.3 is 5.97 Å². The van der Waals surface area contributed by atoms with Gasteiger partial charge in [-0.15, -0.1) is 11.3 Å². The minimum absolute atomic E-state index is 0.109. The van der Waals surface area contributed by atoms with E-state index < -0.39 is 11.9 Å². The monoisotopic (exact) mass is 450 g/mol. The normalized spacial score (nSPS) is 10.4. The summed E-state index contributed by atoms with van der Waals surface area (Å²) in [7, 11) is 1.26. The number of nitrogens with one attached hydrogen (secondary N) is 1. The highest BCUT2D eigenvalue weighted by Gasteiger charge is 2.20. The molecule has 1 amide bonds. The zero-order chi connectivity index (χ0) is 20.8. The number of anilines is 1. The summed E-state index contributed by atoms with van der Waals surface area (Å²) in [6.07, 6.45) is -0.109. The number of nitrogens with zero attached hydrogens (tertiary/aromatic N) is 1. The van der Waals surface area contributed by atoms with Crippen molar-refractivity contribution in [3.63, 3.8) is 0 Å². The number of ether oxygens (including phenoxy) is 2. The Morgan fingerprint density at radius 2 is 1.83 bits per heavy atom. The third-order valence-electron chi connectivity index (χ3n) is 3.91. The van der Waals surface area contributed by atoms with Crippen molar-refractivity contribution in [3.8, 4) is 5.75 Å². The van der Waals surface area contributed by atoms with Gasteiger partial charge in [-0.05, 0) is 17.7 Å². The Bertz CT molecular complexity index is 1020. The second-order valence-electron chi connectivity index (χ2n) is 5.86. The molecule has 0 unspecified atom stereocenters. The molecule has 1 aromatic heterocycles. The number of halogens is 2. The fourth-order valence-corrected chi connectivity index (χ4v) is 3.64. The summed E-state index contributed by atoms with van der Waals surface area (Å²) >= 11 is 13.7. The number of amides is 1. The lowest BCUT2D eigenvalue weighted by Gasteiger charge is -2.15. The highest BCUT2D eigenvalue weighted by molar-refractivity contribution is 7.12. The average molecular weight is 451 g/mol. The molecule has 150 valence electrons. The SMILES string of the molecule is COC(=O)c1scnc1NC(=O)Cc1c(Cl)ccc(Cl)c1OCc1ccccc1. The third kappa shape index (κ3) is 5.26. The first kappa shape index (κ1) is 21.1. The first-order valence-electron chi connectivity index (χ1n) is 8.45. The van der Waals surface area contributed by atoms with Crippen LogP contribution < -0.4 is 10.1 Å². The highest BCUT2D eigenvalue weighted by atomic mass is 35.5. The molecule has 0 saturated carbocycles. The number of aromatic nitrogens is 1. The third-order valence-corrected chi connectivity index (χ3v) is 5.37. The molecule has 1 N–H and O–H groups in total. The van der Waals surface area contributed by atoms with E-state index in [9.17, 15) is 9.59 Å². The lowest BCUT2D eigenvalue weighted by atomic mass is 10.1. The number of rotatable bonds is 7. The standard InChI is InChI=1S/C20H16Cl2N2O4S/c1-27-20(26)18-19(23-11-29-18)24-16(25)9-13-14(21)7-8-15(22)17(13)28-10-12-5-3-2-4-6-12/h2-8,11H,9-10H2,1H3,(H,24,25). The van der Waals surface area contributed by atoms with E-state index in [-0.39, 0.29) is 23.7 Å². The van der Waals surface area contributed by atoms with Gasteiger partial charge in [0.25, 0.3) is 0 Å². The maximum atomic E-state index is 12.6. The van der Waals surface area contributed by atoms with Gasteiger partial charge in [0.1, 0.15) is 12.4 Å². The Labute approximate surface area is 181 Å². The van der Waals surface area contributed by atoms with Crippen molar-refractivity contribution >= 4 is 52.2 Å². The Kier molecular flexibility index (Phi) is 7.09. The average Bonchev–Trinajstić information content (AvgIpc) is 3.18. The number of carbonyl (C=O) groups excluding carboxylic acids is 2. The van der Waals surface area contributed by atoms with E-state index in [1.54, 1.807) is 12.1 Å². The van der Waals surface area contributed by atoms with Crippen molar-refractivity contribution in [3.05, 3.63) is 74.0 Å². The van der Waals surface area contributed by atoms with Crippen molar-refractivity contribution in [2.75, 3.05) is 12.4 Å². The van der Waals surface area contributed by atoms with Crippen LogP contribution in [0, 0.1) is 0 Å². The molecule has 6 nitrogen and oxygen atoms in total. The molecule has 0 saturated heterocycles. The molecule has 0 radical (unpaired) electrons. The van der Waals surface area contributed by atoms with Crippen molar-refractivity contribution in [2.24, 2.45) is 0 Å². The van der Waals surface area contributed by atoms with Crippen LogP contribution in [0.1, 0.15) is 20.8 Å². The lowest BCUT2D eigenvalue weighted by Crippen LogP contribution is -2.17. The molecule has 3 aromatic rings. The van der Waals surface area contributed by atoms with Crippen LogP contribution in [0.25, 0.3) is 0 Å². The van der Waals surface area contributed by atoms with Gasteiger partial charge in [0, 0.05) is 10.6 Å². The Morgan fingerprint density at radius 3 is 2.55 bits per heavy atom. The summed E-state index contributed by atoms with van der Waals surface area (Å²) in [6.45, 7) is 0.272. The van der Waals surface area contributed by atoms with Crippen LogP contribution in [0.15, 0.2) is 48.0 Å². The number of esters is 1. The summed E-state index contributed by atoms with van der Waals surface area (Å²) in [5, 5.41) is 3.30. The molecular formula is C20H16Cl2N2O4S. The van der Waals surface area contributed by atoms with Crippen LogP contribution in [0.5, 0.6) is 5.75 Å². The largest absolute Gasteiger partial charge is 0.487 e. The van der Waals surface area contributed by atoms with Crippen molar-refractivity contribution in [1.29, 1.82) is 0 Å².